The van der Waals surface area contributed by atoms with Crippen LogP contribution in [0, 0.1) is 17.8 Å². The molecular weight excluding hydrogens is 220 g/mol. The van der Waals surface area contributed by atoms with Crippen molar-refractivity contribution in [1.82, 2.24) is 0 Å². The summed E-state index contributed by atoms with van der Waals surface area (Å²) in [7, 11) is 0. The van der Waals surface area contributed by atoms with Gasteiger partial charge < -0.3 is 0 Å². The highest BCUT2D eigenvalue weighted by Gasteiger charge is 2.21. The fourth-order valence-electron chi connectivity index (χ4n) is 2.25. The van der Waals surface area contributed by atoms with Crippen LogP contribution < -0.4 is 0 Å². The van der Waals surface area contributed by atoms with Gasteiger partial charge in [-0.3, -0.25) is 0 Å². The van der Waals surface area contributed by atoms with Crippen LogP contribution in [0.25, 0.3) is 0 Å². The van der Waals surface area contributed by atoms with Gasteiger partial charge in [0, 0.05) is 5.25 Å². The van der Waals surface area contributed by atoms with Gasteiger partial charge in [0.1, 0.15) is 0 Å². The molecule has 15 heavy (non-hydrogen) atoms. The van der Waals surface area contributed by atoms with Crippen LogP contribution in [0.4, 0.5) is 0 Å². The van der Waals surface area contributed by atoms with E-state index in [0.717, 1.165) is 28.8 Å². The first kappa shape index (κ1) is 13.8. The van der Waals surface area contributed by atoms with E-state index in [1.807, 2.05) is 0 Å². The highest BCUT2D eigenvalue weighted by molar-refractivity contribution is 7.99. The van der Waals surface area contributed by atoms with Crippen molar-refractivity contribution in [2.75, 3.05) is 11.5 Å². The summed E-state index contributed by atoms with van der Waals surface area (Å²) in [5.41, 5.74) is 0. The number of hydrogen-bond acceptors (Lipinski definition) is 2. The molecule has 0 saturated heterocycles. The molecule has 1 saturated carbocycles. The van der Waals surface area contributed by atoms with Crippen molar-refractivity contribution in [1.29, 1.82) is 0 Å². The minimum atomic E-state index is 0.788. The Balaban J connectivity index is 2.23. The quantitative estimate of drug-likeness (QED) is 0.697. The first-order valence-electron chi connectivity index (χ1n) is 6.36. The van der Waals surface area contributed by atoms with Gasteiger partial charge in [0.05, 0.1) is 0 Å². The van der Waals surface area contributed by atoms with E-state index in [1.54, 1.807) is 0 Å². The van der Waals surface area contributed by atoms with Crippen LogP contribution in [0.15, 0.2) is 0 Å². The van der Waals surface area contributed by atoms with E-state index >= 15 is 0 Å². The van der Waals surface area contributed by atoms with Gasteiger partial charge in [0.2, 0.25) is 0 Å². The first-order chi connectivity index (χ1) is 7.13. The Bertz CT molecular complexity index is 168. The highest BCUT2D eigenvalue weighted by Crippen LogP contribution is 2.33. The molecule has 0 aromatic heterocycles. The lowest BCUT2D eigenvalue weighted by Crippen LogP contribution is -2.19. The van der Waals surface area contributed by atoms with E-state index in [4.69, 9.17) is 0 Å². The number of hydrogen-bond donors (Lipinski definition) is 1. The second-order valence-electron chi connectivity index (χ2n) is 5.41. The summed E-state index contributed by atoms with van der Waals surface area (Å²) >= 11 is 6.67. The Morgan fingerprint density at radius 2 is 2.07 bits per heavy atom. The molecule has 0 amide bonds. The van der Waals surface area contributed by atoms with Gasteiger partial charge in [0.15, 0.2) is 0 Å². The van der Waals surface area contributed by atoms with Crippen LogP contribution in [-0.4, -0.2) is 16.8 Å². The van der Waals surface area contributed by atoms with Gasteiger partial charge in [0.25, 0.3) is 0 Å². The third kappa shape index (κ3) is 5.04. The average Bonchev–Trinajstić information content (AvgIpc) is 2.18. The lowest BCUT2D eigenvalue weighted by molar-refractivity contribution is 0.392. The maximum atomic E-state index is 4.46. The predicted molar refractivity (Wildman–Crippen MR) is 76.1 cm³/mol. The fraction of sp³-hybridized carbons (Fsp3) is 1.00. The lowest BCUT2D eigenvalue weighted by atomic mass is 9.91. The Labute approximate surface area is 105 Å². The summed E-state index contributed by atoms with van der Waals surface area (Å²) in [6, 6.07) is 0. The zero-order valence-electron chi connectivity index (χ0n) is 10.4. The summed E-state index contributed by atoms with van der Waals surface area (Å²) in [5.74, 6) is 4.92. The molecule has 0 nitrogen and oxygen atoms in total. The molecule has 3 unspecified atom stereocenters. The predicted octanol–water partition coefficient (Wildman–Crippen LogP) is 4.50. The molecular formula is C13H26S2. The molecule has 0 spiro atoms. The minimum absolute atomic E-state index is 0.788. The minimum Gasteiger partial charge on any atom is -0.179 e. The van der Waals surface area contributed by atoms with Crippen molar-refractivity contribution in [3.05, 3.63) is 0 Å². The van der Waals surface area contributed by atoms with Crippen molar-refractivity contribution in [2.45, 2.75) is 51.7 Å². The fourth-order valence-corrected chi connectivity index (χ4v) is 4.79. The zero-order chi connectivity index (χ0) is 11.3. The smallest absolute Gasteiger partial charge is 0.00497 e. The van der Waals surface area contributed by atoms with E-state index < -0.39 is 0 Å². The number of thiol groups is 1. The van der Waals surface area contributed by atoms with Crippen molar-refractivity contribution >= 4 is 24.4 Å². The molecule has 0 heterocycles. The largest absolute Gasteiger partial charge is 0.179 e. The Morgan fingerprint density at radius 3 is 2.60 bits per heavy atom. The maximum Gasteiger partial charge on any atom is 0.00497 e. The first-order valence-corrected chi connectivity index (χ1v) is 8.04. The van der Waals surface area contributed by atoms with Gasteiger partial charge >= 0.3 is 0 Å². The molecule has 1 aliphatic rings. The zero-order valence-corrected chi connectivity index (χ0v) is 12.1. The van der Waals surface area contributed by atoms with E-state index in [9.17, 15) is 0 Å². The standard InChI is InChI=1S/C13H26S2/c1-10(2)12(8-14)9-15-13-6-4-5-11(3)7-13/h10-14H,4-9H2,1-3H3. The van der Waals surface area contributed by atoms with Gasteiger partial charge in [-0.2, -0.15) is 24.4 Å². The number of rotatable bonds is 5. The van der Waals surface area contributed by atoms with Gasteiger partial charge in [-0.05, 0) is 42.1 Å². The molecule has 0 radical (unpaired) electrons. The average molecular weight is 246 g/mol. The molecule has 1 aliphatic carbocycles. The summed E-state index contributed by atoms with van der Waals surface area (Å²) < 4.78 is 0. The van der Waals surface area contributed by atoms with Crippen molar-refractivity contribution in [2.24, 2.45) is 17.8 Å². The molecule has 0 aromatic carbocycles. The van der Waals surface area contributed by atoms with E-state index in [0.29, 0.717) is 0 Å². The normalized spacial score (nSPS) is 29.4. The van der Waals surface area contributed by atoms with E-state index in [2.05, 4.69) is 45.2 Å². The Morgan fingerprint density at radius 1 is 1.33 bits per heavy atom. The van der Waals surface area contributed by atoms with Crippen LogP contribution in [0.3, 0.4) is 0 Å². The Kier molecular flexibility index (Phi) is 6.52. The highest BCUT2D eigenvalue weighted by atomic mass is 32.2. The van der Waals surface area contributed by atoms with Crippen LogP contribution >= 0.6 is 24.4 Å². The third-order valence-electron chi connectivity index (χ3n) is 3.61. The SMILES string of the molecule is CC1CCCC(SCC(CS)C(C)C)C1. The molecule has 0 aromatic rings. The summed E-state index contributed by atoms with van der Waals surface area (Å²) in [4.78, 5) is 0. The second kappa shape index (κ2) is 7.11. The maximum absolute atomic E-state index is 4.46. The molecule has 1 rings (SSSR count). The third-order valence-corrected chi connectivity index (χ3v) is 5.60. The van der Waals surface area contributed by atoms with Crippen LogP contribution in [0.2, 0.25) is 0 Å². The van der Waals surface area contributed by atoms with Crippen LogP contribution in [0.5, 0.6) is 0 Å². The molecule has 0 bridgehead atoms. The topological polar surface area (TPSA) is 0 Å². The van der Waals surface area contributed by atoms with Crippen LogP contribution in [-0.2, 0) is 0 Å². The summed E-state index contributed by atoms with van der Waals surface area (Å²) in [6.07, 6.45) is 5.80. The molecule has 2 heteroatoms. The van der Waals surface area contributed by atoms with Crippen molar-refractivity contribution in [3.63, 3.8) is 0 Å². The summed E-state index contributed by atoms with van der Waals surface area (Å²) in [6.45, 7) is 7.06. The molecule has 1 fully saturated rings. The molecule has 0 aliphatic heterocycles. The van der Waals surface area contributed by atoms with Gasteiger partial charge in [-0.25, -0.2) is 0 Å². The lowest BCUT2D eigenvalue weighted by Gasteiger charge is -2.28. The van der Waals surface area contributed by atoms with E-state index in [1.165, 1.54) is 31.4 Å². The van der Waals surface area contributed by atoms with Crippen molar-refractivity contribution in [3.8, 4) is 0 Å². The van der Waals surface area contributed by atoms with Gasteiger partial charge in [-0.15, -0.1) is 0 Å². The Hall–Kier alpha value is 0.700. The van der Waals surface area contributed by atoms with E-state index in [-0.39, 0.29) is 0 Å². The van der Waals surface area contributed by atoms with Gasteiger partial charge in [-0.1, -0.05) is 33.6 Å². The molecule has 90 valence electrons. The molecule has 0 N–H and O–H groups in total. The molecule has 3 atom stereocenters. The number of thioether (sulfide) groups is 1. The van der Waals surface area contributed by atoms with Crippen molar-refractivity contribution < 1.29 is 0 Å². The second-order valence-corrected chi connectivity index (χ2v) is 7.11. The monoisotopic (exact) mass is 246 g/mol. The summed E-state index contributed by atoms with van der Waals surface area (Å²) in [5, 5.41) is 0.940. The van der Waals surface area contributed by atoms with Crippen LogP contribution in [0.1, 0.15) is 46.5 Å².